The molecule has 2 unspecified atom stereocenters. The van der Waals surface area contributed by atoms with Crippen LogP contribution < -0.4 is 15.0 Å². The molecule has 0 aromatic heterocycles. The molecule has 0 bridgehead atoms. The second-order valence-corrected chi connectivity index (χ2v) is 9.18. The number of fused-ring (bicyclic) bond motifs is 1. The number of hydrogen-bond acceptors (Lipinski definition) is 7. The molecule has 0 radical (unpaired) electrons. The lowest BCUT2D eigenvalue weighted by molar-refractivity contribution is 0.00166. The van der Waals surface area contributed by atoms with Crippen molar-refractivity contribution in [2.45, 2.75) is 19.4 Å². The fraction of sp³-hybridized carbons (Fsp3) is 0.444. The number of rotatable bonds is 8. The van der Waals surface area contributed by atoms with Crippen LogP contribution in [0.15, 0.2) is 42.5 Å². The fourth-order valence-electron chi connectivity index (χ4n) is 5.13. The highest BCUT2D eigenvalue weighted by atomic mass is 16.5. The van der Waals surface area contributed by atoms with E-state index in [4.69, 9.17) is 14.2 Å². The molecule has 9 heteroatoms. The Labute approximate surface area is 210 Å². The first kappa shape index (κ1) is 24.4. The highest BCUT2D eigenvalue weighted by Gasteiger charge is 2.37. The summed E-state index contributed by atoms with van der Waals surface area (Å²) in [5.41, 5.74) is 1.34. The maximum atomic E-state index is 13.1. The van der Waals surface area contributed by atoms with E-state index in [-0.39, 0.29) is 17.5 Å². The minimum atomic E-state index is -0.442. The summed E-state index contributed by atoms with van der Waals surface area (Å²) in [5, 5.41) is 3.05. The van der Waals surface area contributed by atoms with Crippen molar-refractivity contribution in [3.05, 3.63) is 59.2 Å². The number of imide groups is 1. The smallest absolute Gasteiger partial charge is 0.266 e. The Kier molecular flexibility index (Phi) is 7.31. The summed E-state index contributed by atoms with van der Waals surface area (Å²) in [6.07, 6.45) is 0.967. The van der Waals surface area contributed by atoms with Crippen LogP contribution in [0.5, 0.6) is 5.75 Å². The minimum absolute atomic E-state index is 0.160. The molecular formula is C27H31N3O6. The van der Waals surface area contributed by atoms with Gasteiger partial charge in [-0.15, -0.1) is 0 Å². The third-order valence-corrected chi connectivity index (χ3v) is 7.05. The van der Waals surface area contributed by atoms with Gasteiger partial charge in [0.05, 0.1) is 43.2 Å². The van der Waals surface area contributed by atoms with E-state index in [1.54, 1.807) is 36.4 Å². The zero-order valence-electron chi connectivity index (χ0n) is 20.4. The fourth-order valence-corrected chi connectivity index (χ4v) is 5.13. The Balaban J connectivity index is 1.29. The minimum Gasteiger partial charge on any atom is -0.494 e. The first-order valence-corrected chi connectivity index (χ1v) is 12.5. The summed E-state index contributed by atoms with van der Waals surface area (Å²) < 4.78 is 16.5. The number of carbonyl (C=O) groups excluding carboxylic acids is 3. The van der Waals surface area contributed by atoms with E-state index < -0.39 is 11.8 Å². The molecule has 3 heterocycles. The maximum absolute atomic E-state index is 13.1. The second-order valence-electron chi connectivity index (χ2n) is 9.18. The molecule has 1 N–H and O–H groups in total. The van der Waals surface area contributed by atoms with Crippen molar-refractivity contribution in [2.75, 3.05) is 57.6 Å². The lowest BCUT2D eigenvalue weighted by atomic mass is 9.96. The van der Waals surface area contributed by atoms with Gasteiger partial charge >= 0.3 is 0 Å². The summed E-state index contributed by atoms with van der Waals surface area (Å²) in [5.74, 6) is -0.0979. The Morgan fingerprint density at radius 1 is 1.03 bits per heavy atom. The topological polar surface area (TPSA) is 97.4 Å². The van der Waals surface area contributed by atoms with Gasteiger partial charge in [0.1, 0.15) is 5.75 Å². The van der Waals surface area contributed by atoms with Gasteiger partial charge in [-0.2, -0.15) is 0 Å². The number of amides is 3. The summed E-state index contributed by atoms with van der Waals surface area (Å²) >= 11 is 0. The van der Waals surface area contributed by atoms with Gasteiger partial charge < -0.3 is 19.5 Å². The lowest BCUT2D eigenvalue weighted by Crippen LogP contribution is -2.52. The Morgan fingerprint density at radius 2 is 1.78 bits per heavy atom. The molecule has 3 aliphatic rings. The third kappa shape index (κ3) is 4.86. The molecule has 190 valence electrons. The average Bonchev–Trinajstić information content (AvgIpc) is 3.52. The van der Waals surface area contributed by atoms with Crippen LogP contribution in [0.2, 0.25) is 0 Å². The van der Waals surface area contributed by atoms with Gasteiger partial charge in [0.15, 0.2) is 0 Å². The van der Waals surface area contributed by atoms with E-state index in [1.165, 1.54) is 6.07 Å². The summed E-state index contributed by atoms with van der Waals surface area (Å²) in [7, 11) is 0. The zero-order chi connectivity index (χ0) is 25.1. The SMILES string of the molecule is CCOc1ccc(N2C(=O)c3ccc(C(=O)NCC(C4CCOC4)N4CCOCC4)cc3C2=O)cc1. The van der Waals surface area contributed by atoms with E-state index >= 15 is 0 Å². The van der Waals surface area contributed by atoms with Gasteiger partial charge in [-0.3, -0.25) is 19.3 Å². The van der Waals surface area contributed by atoms with E-state index in [9.17, 15) is 14.4 Å². The van der Waals surface area contributed by atoms with Gasteiger partial charge in [-0.1, -0.05) is 0 Å². The van der Waals surface area contributed by atoms with E-state index in [0.29, 0.717) is 61.5 Å². The summed E-state index contributed by atoms with van der Waals surface area (Å²) in [6.45, 7) is 7.35. The number of morpholine rings is 1. The highest BCUT2D eigenvalue weighted by Crippen LogP contribution is 2.30. The highest BCUT2D eigenvalue weighted by molar-refractivity contribution is 6.34. The van der Waals surface area contributed by atoms with Crippen LogP contribution >= 0.6 is 0 Å². The van der Waals surface area contributed by atoms with Crippen molar-refractivity contribution in [2.24, 2.45) is 5.92 Å². The van der Waals surface area contributed by atoms with Gasteiger partial charge in [0, 0.05) is 43.8 Å². The summed E-state index contributed by atoms with van der Waals surface area (Å²) in [4.78, 5) is 42.7. The first-order valence-electron chi connectivity index (χ1n) is 12.5. The Hall–Kier alpha value is -3.27. The standard InChI is InChI=1S/C27H31N3O6/c1-2-36-21-6-4-20(5-7-21)30-26(32)22-8-3-18(15-23(22)27(30)33)25(31)28-16-24(19-9-12-35-17-19)29-10-13-34-14-11-29/h3-8,15,19,24H,2,9-14,16-17H2,1H3,(H,28,31). The van der Waals surface area contributed by atoms with Crippen LogP contribution in [0.4, 0.5) is 5.69 Å². The van der Waals surface area contributed by atoms with Crippen molar-refractivity contribution >= 4 is 23.4 Å². The molecule has 5 rings (SSSR count). The first-order chi connectivity index (χ1) is 17.6. The number of benzene rings is 2. The molecule has 3 amide bonds. The van der Waals surface area contributed by atoms with E-state index in [0.717, 1.165) is 31.0 Å². The molecule has 36 heavy (non-hydrogen) atoms. The average molecular weight is 494 g/mol. The molecule has 9 nitrogen and oxygen atoms in total. The van der Waals surface area contributed by atoms with Gasteiger partial charge in [0.2, 0.25) is 0 Å². The van der Waals surface area contributed by atoms with E-state index in [1.807, 2.05) is 6.92 Å². The number of carbonyl (C=O) groups is 3. The van der Waals surface area contributed by atoms with Crippen molar-refractivity contribution < 1.29 is 28.6 Å². The normalized spacial score (nSPS) is 20.9. The van der Waals surface area contributed by atoms with Gasteiger partial charge in [-0.05, 0) is 55.8 Å². The number of nitrogens with zero attached hydrogens (tertiary/aromatic N) is 2. The molecule has 2 aromatic rings. The number of nitrogens with one attached hydrogen (secondary N) is 1. The number of ether oxygens (including phenoxy) is 3. The summed E-state index contributed by atoms with van der Waals surface area (Å²) in [6, 6.07) is 11.6. The van der Waals surface area contributed by atoms with Crippen LogP contribution in [0.1, 0.15) is 44.4 Å². The number of anilines is 1. The Morgan fingerprint density at radius 3 is 2.47 bits per heavy atom. The molecule has 2 aromatic carbocycles. The lowest BCUT2D eigenvalue weighted by Gasteiger charge is -2.37. The van der Waals surface area contributed by atoms with Crippen LogP contribution in [0.25, 0.3) is 0 Å². The van der Waals surface area contributed by atoms with E-state index in [2.05, 4.69) is 10.2 Å². The van der Waals surface area contributed by atoms with Crippen molar-refractivity contribution in [3.63, 3.8) is 0 Å². The van der Waals surface area contributed by atoms with Gasteiger partial charge in [-0.25, -0.2) is 4.90 Å². The molecule has 3 aliphatic heterocycles. The zero-order valence-corrected chi connectivity index (χ0v) is 20.4. The Bertz CT molecular complexity index is 1120. The molecule has 2 fully saturated rings. The molecule has 0 aliphatic carbocycles. The van der Waals surface area contributed by atoms with Crippen LogP contribution in [-0.2, 0) is 9.47 Å². The van der Waals surface area contributed by atoms with Crippen molar-refractivity contribution in [3.8, 4) is 5.75 Å². The monoisotopic (exact) mass is 493 g/mol. The largest absolute Gasteiger partial charge is 0.494 e. The van der Waals surface area contributed by atoms with Crippen LogP contribution in [0, 0.1) is 5.92 Å². The molecule has 0 saturated carbocycles. The second kappa shape index (κ2) is 10.8. The van der Waals surface area contributed by atoms with Crippen molar-refractivity contribution in [1.82, 2.24) is 10.2 Å². The molecular weight excluding hydrogens is 462 g/mol. The molecule has 0 spiro atoms. The van der Waals surface area contributed by atoms with Crippen LogP contribution in [0.3, 0.4) is 0 Å². The molecule has 2 atom stereocenters. The predicted molar refractivity (Wildman–Crippen MR) is 133 cm³/mol. The molecule has 2 saturated heterocycles. The van der Waals surface area contributed by atoms with Crippen LogP contribution in [-0.4, -0.2) is 81.3 Å². The van der Waals surface area contributed by atoms with Gasteiger partial charge in [0.25, 0.3) is 17.7 Å². The quantitative estimate of drug-likeness (QED) is 0.564. The maximum Gasteiger partial charge on any atom is 0.266 e. The predicted octanol–water partition coefficient (Wildman–Crippen LogP) is 2.35. The number of hydrogen-bond donors (Lipinski definition) is 1. The third-order valence-electron chi connectivity index (χ3n) is 7.05. The van der Waals surface area contributed by atoms with Crippen molar-refractivity contribution in [1.29, 1.82) is 0 Å².